The normalized spacial score (nSPS) is 17.0. The van der Waals surface area contributed by atoms with E-state index in [1.807, 2.05) is 0 Å². The maximum Gasteiger partial charge on any atom is 0.0419 e. The van der Waals surface area contributed by atoms with E-state index in [2.05, 4.69) is 47.9 Å². The Kier molecular flexibility index (Phi) is 3.69. The average molecular weight is 184 g/mol. The van der Waals surface area contributed by atoms with Crippen LogP contribution in [-0.2, 0) is 0 Å². The topological polar surface area (TPSA) is 6.48 Å². The Hall–Kier alpha value is -0.410. The maximum absolute atomic E-state index is 2.24. The smallest absolute Gasteiger partial charge is 0.0419 e. The Morgan fingerprint density at radius 3 is 2.75 bits per heavy atom. The van der Waals surface area contributed by atoms with Gasteiger partial charge in [0.15, 0.2) is 0 Å². The number of hydrogen-bond acceptors (Lipinski definition) is 3. The fourth-order valence-electron chi connectivity index (χ4n) is 0.852. The summed E-state index contributed by atoms with van der Waals surface area (Å²) in [5.41, 5.74) is 1.33. The third kappa shape index (κ3) is 3.32. The molecule has 0 atom stereocenters. The molecule has 0 aliphatic carbocycles. The first-order valence-corrected chi connectivity index (χ1v) is 4.95. The molecule has 3 heteroatoms. The van der Waals surface area contributed by atoms with Crippen molar-refractivity contribution in [3.8, 4) is 0 Å². The van der Waals surface area contributed by atoms with Gasteiger partial charge in [-0.2, -0.15) is 0 Å². The Morgan fingerprint density at radius 1 is 1.50 bits per heavy atom. The first-order valence-electron chi connectivity index (χ1n) is 4.11. The average Bonchev–Trinajstić information content (AvgIpc) is 2.03. The van der Waals surface area contributed by atoms with Gasteiger partial charge >= 0.3 is 0 Å². The minimum atomic E-state index is 1.08. The minimum absolute atomic E-state index is 1.08. The molecule has 1 aliphatic heterocycles. The molecular formula is C9H16N2S. The summed E-state index contributed by atoms with van der Waals surface area (Å²) in [6, 6.07) is 0. The van der Waals surface area contributed by atoms with Crippen molar-refractivity contribution in [2.45, 2.75) is 6.92 Å². The maximum atomic E-state index is 2.24. The van der Waals surface area contributed by atoms with Gasteiger partial charge in [0, 0.05) is 19.3 Å². The predicted molar refractivity (Wildman–Crippen MR) is 55.7 cm³/mol. The van der Waals surface area contributed by atoms with Gasteiger partial charge in [-0.15, -0.1) is 0 Å². The first-order chi connectivity index (χ1) is 5.68. The van der Waals surface area contributed by atoms with Crippen molar-refractivity contribution in [3.63, 3.8) is 0 Å². The third-order valence-electron chi connectivity index (χ3n) is 1.65. The van der Waals surface area contributed by atoms with Crippen LogP contribution < -0.4 is 0 Å². The highest BCUT2D eigenvalue weighted by Crippen LogP contribution is 2.19. The van der Waals surface area contributed by atoms with Gasteiger partial charge in [0.05, 0.1) is 0 Å². The van der Waals surface area contributed by atoms with Gasteiger partial charge < -0.3 is 9.21 Å². The Labute approximate surface area is 79.1 Å². The number of hydrogen-bond donors (Lipinski definition) is 0. The number of likely N-dealkylation sites (N-methyl/N-ethyl adjacent to an activating group) is 1. The predicted octanol–water partition coefficient (Wildman–Crippen LogP) is 1.93. The van der Waals surface area contributed by atoms with Gasteiger partial charge in [-0.05, 0) is 50.0 Å². The molecule has 0 radical (unpaired) electrons. The minimum Gasteiger partial charge on any atom is -0.318 e. The van der Waals surface area contributed by atoms with Crippen molar-refractivity contribution in [2.24, 2.45) is 0 Å². The van der Waals surface area contributed by atoms with E-state index in [1.165, 1.54) is 5.57 Å². The summed E-state index contributed by atoms with van der Waals surface area (Å²) in [5.74, 6) is 0. The van der Waals surface area contributed by atoms with Gasteiger partial charge in [0.2, 0.25) is 0 Å². The van der Waals surface area contributed by atoms with Crippen LogP contribution in [0.3, 0.4) is 0 Å². The highest BCUT2D eigenvalue weighted by molar-refractivity contribution is 8.00. The van der Waals surface area contributed by atoms with E-state index in [-0.39, 0.29) is 0 Å². The van der Waals surface area contributed by atoms with Crippen LogP contribution >= 0.6 is 11.9 Å². The number of allylic oxidation sites excluding steroid dienone is 2. The summed E-state index contributed by atoms with van der Waals surface area (Å²) in [6.45, 7) is 4.30. The lowest BCUT2D eigenvalue weighted by molar-refractivity contribution is 0.382. The Bertz CT molecular complexity index is 197. The van der Waals surface area contributed by atoms with Crippen molar-refractivity contribution in [2.75, 3.05) is 27.2 Å². The monoisotopic (exact) mass is 184 g/mol. The molecule has 0 fully saturated rings. The molecule has 1 heterocycles. The van der Waals surface area contributed by atoms with E-state index in [0.29, 0.717) is 0 Å². The van der Waals surface area contributed by atoms with Crippen LogP contribution in [-0.4, -0.2) is 36.4 Å². The third-order valence-corrected chi connectivity index (χ3v) is 2.70. The molecule has 0 aromatic rings. The molecule has 0 saturated carbocycles. The van der Waals surface area contributed by atoms with Crippen LogP contribution in [0.1, 0.15) is 6.92 Å². The lowest BCUT2D eigenvalue weighted by Crippen LogP contribution is -2.24. The summed E-state index contributed by atoms with van der Waals surface area (Å²) in [5, 5.41) is 2.18. The zero-order valence-electron chi connectivity index (χ0n) is 7.95. The highest BCUT2D eigenvalue weighted by atomic mass is 32.2. The second-order valence-corrected chi connectivity index (χ2v) is 4.14. The number of nitrogens with zero attached hydrogens (tertiary/aromatic N) is 2. The fraction of sp³-hybridized carbons (Fsp3) is 0.556. The largest absolute Gasteiger partial charge is 0.318 e. The summed E-state index contributed by atoms with van der Waals surface area (Å²) >= 11 is 1.77. The molecule has 0 saturated heterocycles. The van der Waals surface area contributed by atoms with Gasteiger partial charge in [0.25, 0.3) is 0 Å². The summed E-state index contributed by atoms with van der Waals surface area (Å²) < 4.78 is 2.24. The van der Waals surface area contributed by atoms with Crippen LogP contribution in [0.25, 0.3) is 0 Å². The molecule has 68 valence electrons. The Balaban J connectivity index is 2.25. The van der Waals surface area contributed by atoms with Gasteiger partial charge in [0.1, 0.15) is 0 Å². The van der Waals surface area contributed by atoms with Gasteiger partial charge in [-0.25, -0.2) is 0 Å². The zero-order valence-corrected chi connectivity index (χ0v) is 8.77. The summed E-state index contributed by atoms with van der Waals surface area (Å²) in [4.78, 5) is 2.19. The van der Waals surface area contributed by atoms with Crippen LogP contribution in [0, 0.1) is 0 Å². The van der Waals surface area contributed by atoms with E-state index in [0.717, 1.165) is 13.1 Å². The molecule has 0 aromatic heterocycles. The lowest BCUT2D eigenvalue weighted by Gasteiger charge is -2.21. The molecule has 0 unspecified atom stereocenters. The van der Waals surface area contributed by atoms with Crippen molar-refractivity contribution < 1.29 is 0 Å². The molecular weight excluding hydrogens is 168 g/mol. The quantitative estimate of drug-likeness (QED) is 0.619. The van der Waals surface area contributed by atoms with E-state index < -0.39 is 0 Å². The Morgan fingerprint density at radius 2 is 2.25 bits per heavy atom. The molecule has 1 aliphatic rings. The van der Waals surface area contributed by atoms with E-state index in [9.17, 15) is 0 Å². The highest BCUT2D eigenvalue weighted by Gasteiger charge is 2.02. The second kappa shape index (κ2) is 4.58. The van der Waals surface area contributed by atoms with Crippen molar-refractivity contribution in [3.05, 3.63) is 23.3 Å². The molecule has 12 heavy (non-hydrogen) atoms. The van der Waals surface area contributed by atoms with Crippen LogP contribution in [0.15, 0.2) is 23.3 Å². The standard InChI is InChI=1S/C9H16N2S/c1-9-4-5-11(12-8-9)7-6-10(2)3/h4-5,8H,6-7H2,1-3H3. The van der Waals surface area contributed by atoms with E-state index in [4.69, 9.17) is 0 Å². The molecule has 0 aromatic carbocycles. The van der Waals surface area contributed by atoms with Gasteiger partial charge in [-0.3, -0.25) is 0 Å². The van der Waals surface area contributed by atoms with E-state index in [1.54, 1.807) is 11.9 Å². The van der Waals surface area contributed by atoms with Crippen LogP contribution in [0.5, 0.6) is 0 Å². The van der Waals surface area contributed by atoms with Crippen molar-refractivity contribution in [1.29, 1.82) is 0 Å². The molecule has 0 spiro atoms. The lowest BCUT2D eigenvalue weighted by atomic mass is 10.3. The fourth-order valence-corrected chi connectivity index (χ4v) is 1.55. The summed E-state index contributed by atoms with van der Waals surface area (Å²) in [6.07, 6.45) is 4.29. The van der Waals surface area contributed by atoms with E-state index >= 15 is 0 Å². The van der Waals surface area contributed by atoms with Crippen LogP contribution in [0.4, 0.5) is 0 Å². The SMILES string of the molecule is CC1=CSN(CCN(C)C)C=C1. The first kappa shape index (κ1) is 9.68. The summed E-state index contributed by atoms with van der Waals surface area (Å²) in [7, 11) is 4.19. The molecule has 0 amide bonds. The van der Waals surface area contributed by atoms with Gasteiger partial charge in [-0.1, -0.05) is 0 Å². The molecule has 0 N–H and O–H groups in total. The van der Waals surface area contributed by atoms with Crippen molar-refractivity contribution >= 4 is 11.9 Å². The molecule has 0 bridgehead atoms. The molecule has 2 nitrogen and oxygen atoms in total. The van der Waals surface area contributed by atoms with Crippen molar-refractivity contribution in [1.82, 2.24) is 9.21 Å². The second-order valence-electron chi connectivity index (χ2n) is 3.23. The number of rotatable bonds is 3. The van der Waals surface area contributed by atoms with Crippen LogP contribution in [0.2, 0.25) is 0 Å². The molecule has 1 rings (SSSR count). The zero-order chi connectivity index (χ0) is 8.97.